The molecule has 188 valence electrons. The van der Waals surface area contributed by atoms with Gasteiger partial charge in [0.1, 0.15) is 11.5 Å². The van der Waals surface area contributed by atoms with Gasteiger partial charge in [-0.1, -0.05) is 62.4 Å². The first-order valence-corrected chi connectivity index (χ1v) is 12.8. The van der Waals surface area contributed by atoms with E-state index in [1.54, 1.807) is 31.4 Å². The average molecular weight is 513 g/mol. The van der Waals surface area contributed by atoms with E-state index in [0.717, 1.165) is 26.9 Å². The number of aliphatic hydroxyl groups excluding tert-OH is 1. The van der Waals surface area contributed by atoms with Crippen molar-refractivity contribution in [3.8, 4) is 5.75 Å². The highest BCUT2D eigenvalue weighted by Gasteiger charge is 2.48. The molecular formula is C30H28N2O4S. The summed E-state index contributed by atoms with van der Waals surface area (Å²) in [6.07, 6.45) is 0. The first kappa shape index (κ1) is 24.7. The monoisotopic (exact) mass is 512 g/mol. The minimum absolute atomic E-state index is 0.0362. The maximum atomic E-state index is 13.5. The predicted molar refractivity (Wildman–Crippen MR) is 147 cm³/mol. The number of aliphatic hydroxyl groups is 1. The van der Waals surface area contributed by atoms with Gasteiger partial charge >= 0.3 is 5.91 Å². The van der Waals surface area contributed by atoms with Crippen LogP contribution in [-0.2, 0) is 15.0 Å². The van der Waals surface area contributed by atoms with Crippen LogP contribution < -0.4 is 9.64 Å². The molecule has 2 heterocycles. The number of anilines is 1. The van der Waals surface area contributed by atoms with Crippen LogP contribution in [0.2, 0.25) is 0 Å². The Hall–Kier alpha value is -3.97. The molecule has 6 nitrogen and oxygen atoms in total. The molecule has 5 rings (SSSR count). The summed E-state index contributed by atoms with van der Waals surface area (Å²) in [7, 11) is 1.56. The third kappa shape index (κ3) is 4.40. The number of nitrogens with zero attached hydrogens (tertiary/aromatic N) is 2. The van der Waals surface area contributed by atoms with E-state index in [1.165, 1.54) is 16.2 Å². The molecule has 1 amide bonds. The first-order chi connectivity index (χ1) is 17.6. The van der Waals surface area contributed by atoms with Crippen LogP contribution in [0, 0.1) is 6.92 Å². The normalized spacial score (nSPS) is 17.5. The number of aromatic nitrogens is 1. The molecule has 0 saturated carbocycles. The van der Waals surface area contributed by atoms with Gasteiger partial charge in [0.05, 0.1) is 28.9 Å². The van der Waals surface area contributed by atoms with E-state index in [0.29, 0.717) is 16.4 Å². The molecule has 1 aliphatic rings. The van der Waals surface area contributed by atoms with Crippen LogP contribution in [0.15, 0.2) is 72.3 Å². The van der Waals surface area contributed by atoms with Crippen LogP contribution >= 0.6 is 11.3 Å². The lowest BCUT2D eigenvalue weighted by atomic mass is 9.85. The molecule has 4 aromatic rings. The van der Waals surface area contributed by atoms with Gasteiger partial charge in [0, 0.05) is 5.56 Å². The Bertz CT molecular complexity index is 1540. The summed E-state index contributed by atoms with van der Waals surface area (Å²) in [5.74, 6) is -1.06. The second kappa shape index (κ2) is 9.16. The number of carbonyl (C=O) groups excluding carboxylic acids is 2. The molecule has 1 aromatic heterocycles. The summed E-state index contributed by atoms with van der Waals surface area (Å²) in [6, 6.07) is 19.7. The fourth-order valence-electron chi connectivity index (χ4n) is 4.54. The number of Topliss-reactive ketones (excluding diaryl/α,β-unsaturated/α-hetero) is 1. The van der Waals surface area contributed by atoms with Crippen molar-refractivity contribution < 1.29 is 19.4 Å². The van der Waals surface area contributed by atoms with Crippen molar-refractivity contribution in [2.45, 2.75) is 39.2 Å². The SMILES string of the molecule is COc1ccc(C(O)=C2C(=O)C(=O)N(c3nc4ccc(C)cc4s3)[C@@H]2c2ccc(C(C)(C)C)cc2)cc1. The van der Waals surface area contributed by atoms with Crippen molar-refractivity contribution in [3.05, 3.63) is 94.6 Å². The minimum atomic E-state index is -0.822. The van der Waals surface area contributed by atoms with Crippen LogP contribution in [0.25, 0.3) is 16.0 Å². The van der Waals surface area contributed by atoms with E-state index in [1.807, 2.05) is 49.4 Å². The summed E-state index contributed by atoms with van der Waals surface area (Å²) in [4.78, 5) is 33.0. The zero-order chi connectivity index (χ0) is 26.5. The van der Waals surface area contributed by atoms with Gasteiger partial charge in [-0.2, -0.15) is 0 Å². The molecule has 37 heavy (non-hydrogen) atoms. The fraction of sp³-hybridized carbons (Fsp3) is 0.233. The van der Waals surface area contributed by atoms with Gasteiger partial charge < -0.3 is 9.84 Å². The Morgan fingerprint density at radius 2 is 1.68 bits per heavy atom. The number of ether oxygens (including phenoxy) is 1. The second-order valence-electron chi connectivity index (χ2n) is 10.2. The van der Waals surface area contributed by atoms with E-state index in [-0.39, 0.29) is 16.7 Å². The summed E-state index contributed by atoms with van der Waals surface area (Å²) in [6.45, 7) is 8.37. The van der Waals surface area contributed by atoms with Crippen LogP contribution in [0.3, 0.4) is 0 Å². The third-order valence-electron chi connectivity index (χ3n) is 6.64. The number of benzene rings is 3. The van der Waals surface area contributed by atoms with E-state index in [4.69, 9.17) is 9.72 Å². The molecule has 1 N–H and O–H groups in total. The summed E-state index contributed by atoms with van der Waals surface area (Å²) in [5.41, 5.74) is 4.08. The smallest absolute Gasteiger partial charge is 0.301 e. The lowest BCUT2D eigenvalue weighted by Crippen LogP contribution is -2.29. The highest BCUT2D eigenvalue weighted by molar-refractivity contribution is 7.22. The average Bonchev–Trinajstić information content (AvgIpc) is 3.40. The van der Waals surface area contributed by atoms with Gasteiger partial charge in [0.25, 0.3) is 5.78 Å². The number of carbonyl (C=O) groups is 2. The highest BCUT2D eigenvalue weighted by Crippen LogP contribution is 2.44. The Kier molecular flexibility index (Phi) is 6.12. The molecule has 1 atom stereocenters. The van der Waals surface area contributed by atoms with E-state index >= 15 is 0 Å². The zero-order valence-corrected chi connectivity index (χ0v) is 22.2. The van der Waals surface area contributed by atoms with E-state index < -0.39 is 17.7 Å². The number of aryl methyl sites for hydroxylation is 1. The standard InChI is InChI=1S/C30H28N2O4S/c1-17-6-15-22-23(16-17)37-29(31-22)32-25(18-7-11-20(12-8-18)30(2,3)4)24(27(34)28(32)35)26(33)19-9-13-21(36-5)14-10-19/h6-16,25,33H,1-5H3/t25-/m1/s1. The van der Waals surface area contributed by atoms with Crippen molar-refractivity contribution in [1.29, 1.82) is 0 Å². The van der Waals surface area contributed by atoms with Crippen molar-refractivity contribution in [1.82, 2.24) is 4.98 Å². The summed E-state index contributed by atoms with van der Waals surface area (Å²) in [5, 5.41) is 11.8. The Balaban J connectivity index is 1.70. The van der Waals surface area contributed by atoms with Gasteiger partial charge in [0.15, 0.2) is 5.13 Å². The quantitative estimate of drug-likeness (QED) is 0.191. The van der Waals surface area contributed by atoms with Gasteiger partial charge in [0.2, 0.25) is 0 Å². The number of rotatable bonds is 4. The number of fused-ring (bicyclic) bond motifs is 1. The predicted octanol–water partition coefficient (Wildman–Crippen LogP) is 6.54. The van der Waals surface area contributed by atoms with Gasteiger partial charge in [-0.25, -0.2) is 4.98 Å². The molecule has 0 bridgehead atoms. The lowest BCUT2D eigenvalue weighted by Gasteiger charge is -2.24. The Morgan fingerprint density at radius 1 is 1.00 bits per heavy atom. The van der Waals surface area contributed by atoms with Crippen molar-refractivity contribution in [2.75, 3.05) is 12.0 Å². The van der Waals surface area contributed by atoms with Crippen molar-refractivity contribution in [3.63, 3.8) is 0 Å². The second-order valence-corrected chi connectivity index (χ2v) is 11.2. The van der Waals surface area contributed by atoms with Gasteiger partial charge in [-0.05, 0) is 65.4 Å². The molecule has 7 heteroatoms. The minimum Gasteiger partial charge on any atom is -0.507 e. The third-order valence-corrected chi connectivity index (χ3v) is 7.66. The Morgan fingerprint density at radius 3 is 2.30 bits per heavy atom. The Labute approximate surface area is 219 Å². The molecule has 1 aliphatic heterocycles. The molecule has 0 unspecified atom stereocenters. The molecule has 1 saturated heterocycles. The van der Waals surface area contributed by atoms with Crippen LogP contribution in [-0.4, -0.2) is 28.9 Å². The largest absolute Gasteiger partial charge is 0.507 e. The summed E-state index contributed by atoms with van der Waals surface area (Å²) < 4.78 is 6.14. The molecule has 0 aliphatic carbocycles. The molecule has 3 aromatic carbocycles. The van der Waals surface area contributed by atoms with Gasteiger partial charge in [-0.15, -0.1) is 0 Å². The molecule has 0 spiro atoms. The number of ketones is 1. The lowest BCUT2D eigenvalue weighted by molar-refractivity contribution is -0.132. The number of hydrogen-bond donors (Lipinski definition) is 1. The molecule has 1 fully saturated rings. The fourth-order valence-corrected chi connectivity index (χ4v) is 5.63. The van der Waals surface area contributed by atoms with Gasteiger partial charge in [-0.3, -0.25) is 14.5 Å². The van der Waals surface area contributed by atoms with Crippen LogP contribution in [0.5, 0.6) is 5.75 Å². The number of hydrogen-bond acceptors (Lipinski definition) is 6. The molecular weight excluding hydrogens is 484 g/mol. The highest BCUT2D eigenvalue weighted by atomic mass is 32.1. The zero-order valence-electron chi connectivity index (χ0n) is 21.4. The van der Waals surface area contributed by atoms with Crippen LogP contribution in [0.1, 0.15) is 49.1 Å². The number of methoxy groups -OCH3 is 1. The van der Waals surface area contributed by atoms with Crippen molar-refractivity contribution in [2.24, 2.45) is 0 Å². The maximum absolute atomic E-state index is 13.5. The molecule has 0 radical (unpaired) electrons. The summed E-state index contributed by atoms with van der Waals surface area (Å²) >= 11 is 1.36. The topological polar surface area (TPSA) is 79.7 Å². The van der Waals surface area contributed by atoms with E-state index in [9.17, 15) is 14.7 Å². The van der Waals surface area contributed by atoms with Crippen LogP contribution in [0.4, 0.5) is 5.13 Å². The number of thiazole rings is 1. The first-order valence-electron chi connectivity index (χ1n) is 12.0. The van der Waals surface area contributed by atoms with Crippen molar-refractivity contribution >= 4 is 44.1 Å². The number of amides is 1. The maximum Gasteiger partial charge on any atom is 0.301 e. The van der Waals surface area contributed by atoms with E-state index in [2.05, 4.69) is 20.8 Å².